The molecule has 0 saturated heterocycles. The van der Waals surface area contributed by atoms with Crippen molar-refractivity contribution in [2.45, 2.75) is 19.4 Å². The van der Waals surface area contributed by atoms with Crippen molar-refractivity contribution in [3.05, 3.63) is 64.2 Å². The van der Waals surface area contributed by atoms with Crippen LogP contribution in [0.5, 0.6) is 5.75 Å². The van der Waals surface area contributed by atoms with E-state index in [2.05, 4.69) is 30.5 Å². The maximum atomic E-state index is 6.08. The molecule has 0 radical (unpaired) electrons. The maximum Gasteiger partial charge on any atom is 0.123 e. The van der Waals surface area contributed by atoms with Gasteiger partial charge in [-0.1, -0.05) is 41.4 Å². The fourth-order valence-electron chi connectivity index (χ4n) is 2.31. The van der Waals surface area contributed by atoms with Crippen molar-refractivity contribution in [3.8, 4) is 5.75 Å². The highest BCUT2D eigenvalue weighted by atomic mass is 35.5. The van der Waals surface area contributed by atoms with Crippen LogP contribution in [0.25, 0.3) is 0 Å². The van der Waals surface area contributed by atoms with Gasteiger partial charge < -0.3 is 4.74 Å². The van der Waals surface area contributed by atoms with E-state index in [9.17, 15) is 0 Å². The summed E-state index contributed by atoms with van der Waals surface area (Å²) in [5.74, 6) is 6.50. The second-order valence-electron chi connectivity index (χ2n) is 4.80. The highest BCUT2D eigenvalue weighted by Gasteiger charge is 2.16. The van der Waals surface area contributed by atoms with Crippen molar-refractivity contribution in [2.75, 3.05) is 7.11 Å². The molecule has 2 rings (SSSR count). The van der Waals surface area contributed by atoms with Crippen LogP contribution >= 0.6 is 11.6 Å². The first-order chi connectivity index (χ1) is 9.63. The molecule has 0 aliphatic rings. The van der Waals surface area contributed by atoms with E-state index in [1.54, 1.807) is 7.11 Å². The minimum atomic E-state index is -0.0505. The Balaban J connectivity index is 2.30. The molecule has 0 aromatic heterocycles. The van der Waals surface area contributed by atoms with Gasteiger partial charge in [-0.15, -0.1) is 0 Å². The average molecular weight is 291 g/mol. The summed E-state index contributed by atoms with van der Waals surface area (Å²) < 4.78 is 5.39. The molecule has 2 aromatic carbocycles. The molecule has 0 bridgehead atoms. The Morgan fingerprint density at radius 2 is 2.05 bits per heavy atom. The van der Waals surface area contributed by atoms with E-state index in [0.717, 1.165) is 17.7 Å². The molecule has 4 heteroatoms. The van der Waals surface area contributed by atoms with Crippen LogP contribution in [0.3, 0.4) is 0 Å². The van der Waals surface area contributed by atoms with Crippen LogP contribution in [-0.2, 0) is 6.42 Å². The largest absolute Gasteiger partial charge is 0.496 e. The molecule has 0 saturated carbocycles. The van der Waals surface area contributed by atoms with Gasteiger partial charge in [-0.2, -0.15) is 0 Å². The summed E-state index contributed by atoms with van der Waals surface area (Å²) >= 11 is 6.08. The number of nitrogens with two attached hydrogens (primary N) is 1. The van der Waals surface area contributed by atoms with Gasteiger partial charge in [0.15, 0.2) is 0 Å². The standard InChI is InChI=1S/C16H19ClN2O/c1-11-4-3-5-12(8-11)9-15(19-18)14-10-13(17)6-7-16(14)20-2/h3-8,10,15,19H,9,18H2,1-2H3. The lowest BCUT2D eigenvalue weighted by Crippen LogP contribution is -2.30. The first-order valence-corrected chi connectivity index (χ1v) is 6.87. The van der Waals surface area contributed by atoms with E-state index in [1.807, 2.05) is 24.3 Å². The van der Waals surface area contributed by atoms with Gasteiger partial charge in [0, 0.05) is 10.6 Å². The molecular weight excluding hydrogens is 272 g/mol. The summed E-state index contributed by atoms with van der Waals surface area (Å²) in [5.41, 5.74) is 6.26. The highest BCUT2D eigenvalue weighted by molar-refractivity contribution is 6.30. The zero-order valence-corrected chi connectivity index (χ0v) is 12.4. The normalized spacial score (nSPS) is 12.2. The summed E-state index contributed by atoms with van der Waals surface area (Å²) in [5, 5.41) is 0.672. The third-order valence-electron chi connectivity index (χ3n) is 3.29. The monoisotopic (exact) mass is 290 g/mol. The van der Waals surface area contributed by atoms with Crippen LogP contribution in [0.4, 0.5) is 0 Å². The molecule has 3 N–H and O–H groups in total. The summed E-state index contributed by atoms with van der Waals surface area (Å²) in [6.45, 7) is 2.08. The quantitative estimate of drug-likeness (QED) is 0.655. The first kappa shape index (κ1) is 14.9. The molecule has 20 heavy (non-hydrogen) atoms. The van der Waals surface area contributed by atoms with Crippen molar-refractivity contribution >= 4 is 11.6 Å². The molecule has 1 unspecified atom stereocenters. The van der Waals surface area contributed by atoms with Gasteiger partial charge >= 0.3 is 0 Å². The van der Waals surface area contributed by atoms with E-state index in [0.29, 0.717) is 5.02 Å². The average Bonchev–Trinajstić information content (AvgIpc) is 2.45. The van der Waals surface area contributed by atoms with Gasteiger partial charge in [-0.3, -0.25) is 11.3 Å². The van der Waals surface area contributed by atoms with Gasteiger partial charge in [-0.25, -0.2) is 0 Å². The highest BCUT2D eigenvalue weighted by Crippen LogP contribution is 2.30. The smallest absolute Gasteiger partial charge is 0.123 e. The van der Waals surface area contributed by atoms with Crippen LogP contribution in [0, 0.1) is 6.92 Å². The molecule has 0 fully saturated rings. The number of nitrogens with one attached hydrogen (secondary N) is 1. The van der Waals surface area contributed by atoms with Crippen LogP contribution in [0.1, 0.15) is 22.7 Å². The van der Waals surface area contributed by atoms with Crippen molar-refractivity contribution in [1.29, 1.82) is 0 Å². The minimum Gasteiger partial charge on any atom is -0.496 e. The summed E-state index contributed by atoms with van der Waals surface area (Å²) in [6.07, 6.45) is 0.773. The van der Waals surface area contributed by atoms with Gasteiger partial charge in [0.25, 0.3) is 0 Å². The molecule has 0 spiro atoms. The number of hydrogen-bond acceptors (Lipinski definition) is 3. The van der Waals surface area contributed by atoms with Crippen molar-refractivity contribution in [3.63, 3.8) is 0 Å². The van der Waals surface area contributed by atoms with E-state index < -0.39 is 0 Å². The lowest BCUT2D eigenvalue weighted by molar-refractivity contribution is 0.399. The minimum absolute atomic E-state index is 0.0505. The third-order valence-corrected chi connectivity index (χ3v) is 3.53. The Hall–Kier alpha value is -1.55. The number of methoxy groups -OCH3 is 1. The fourth-order valence-corrected chi connectivity index (χ4v) is 2.49. The van der Waals surface area contributed by atoms with E-state index in [4.69, 9.17) is 22.2 Å². The van der Waals surface area contributed by atoms with Gasteiger partial charge in [0.2, 0.25) is 0 Å². The zero-order valence-electron chi connectivity index (χ0n) is 11.7. The third kappa shape index (κ3) is 3.51. The maximum absolute atomic E-state index is 6.08. The molecule has 106 valence electrons. The summed E-state index contributed by atoms with van der Waals surface area (Å²) in [7, 11) is 1.65. The molecule has 0 amide bonds. The van der Waals surface area contributed by atoms with E-state index in [-0.39, 0.29) is 6.04 Å². The van der Waals surface area contributed by atoms with Gasteiger partial charge in [0.05, 0.1) is 13.2 Å². The number of hydrogen-bond donors (Lipinski definition) is 2. The van der Waals surface area contributed by atoms with Crippen LogP contribution in [0.2, 0.25) is 5.02 Å². The number of aryl methyl sites for hydroxylation is 1. The lowest BCUT2D eigenvalue weighted by atomic mass is 9.97. The Kier molecular flexibility index (Phi) is 5.01. The van der Waals surface area contributed by atoms with Crippen molar-refractivity contribution in [1.82, 2.24) is 5.43 Å². The Bertz CT molecular complexity index is 586. The summed E-state index contributed by atoms with van der Waals surface area (Å²) in [4.78, 5) is 0. The van der Waals surface area contributed by atoms with Crippen LogP contribution in [0.15, 0.2) is 42.5 Å². The number of benzene rings is 2. The topological polar surface area (TPSA) is 47.3 Å². The molecule has 0 heterocycles. The molecular formula is C16H19ClN2O. The SMILES string of the molecule is COc1ccc(Cl)cc1C(Cc1cccc(C)c1)NN. The van der Waals surface area contributed by atoms with Crippen molar-refractivity contribution in [2.24, 2.45) is 5.84 Å². The van der Waals surface area contributed by atoms with Crippen molar-refractivity contribution < 1.29 is 4.74 Å². The second-order valence-corrected chi connectivity index (χ2v) is 5.24. The fraction of sp³-hybridized carbons (Fsp3) is 0.250. The van der Waals surface area contributed by atoms with Crippen LogP contribution < -0.4 is 16.0 Å². The number of rotatable bonds is 5. The Labute approximate surface area is 124 Å². The Morgan fingerprint density at radius 3 is 2.70 bits per heavy atom. The summed E-state index contributed by atoms with van der Waals surface area (Å²) in [6, 6.07) is 13.9. The molecule has 3 nitrogen and oxygen atoms in total. The predicted molar refractivity (Wildman–Crippen MR) is 83.0 cm³/mol. The van der Waals surface area contributed by atoms with E-state index in [1.165, 1.54) is 11.1 Å². The van der Waals surface area contributed by atoms with E-state index >= 15 is 0 Å². The number of halogens is 1. The molecule has 0 aliphatic heterocycles. The van der Waals surface area contributed by atoms with Gasteiger partial charge in [0.1, 0.15) is 5.75 Å². The first-order valence-electron chi connectivity index (χ1n) is 6.49. The molecule has 0 aliphatic carbocycles. The second kappa shape index (κ2) is 6.75. The molecule has 2 aromatic rings. The zero-order chi connectivity index (χ0) is 14.5. The molecule has 1 atom stereocenters. The number of hydrazine groups is 1. The number of ether oxygens (including phenoxy) is 1. The van der Waals surface area contributed by atoms with Crippen LogP contribution in [-0.4, -0.2) is 7.11 Å². The predicted octanol–water partition coefficient (Wildman–Crippen LogP) is 3.40. The van der Waals surface area contributed by atoms with Gasteiger partial charge in [-0.05, 0) is 37.1 Å². The lowest BCUT2D eigenvalue weighted by Gasteiger charge is -2.19. The Morgan fingerprint density at radius 1 is 1.25 bits per heavy atom.